The summed E-state index contributed by atoms with van der Waals surface area (Å²) in [4.78, 5) is 14.0. The van der Waals surface area contributed by atoms with Gasteiger partial charge in [-0.25, -0.2) is 0 Å². The zero-order valence-electron chi connectivity index (χ0n) is 14.0. The van der Waals surface area contributed by atoms with Gasteiger partial charge < -0.3 is 14.6 Å². The molecule has 0 bridgehead atoms. The van der Waals surface area contributed by atoms with E-state index in [2.05, 4.69) is 5.32 Å². The summed E-state index contributed by atoms with van der Waals surface area (Å²) in [5, 5.41) is 3.97. The minimum atomic E-state index is -0.0635. The Labute approximate surface area is 145 Å². The number of hydrogen-bond acceptors (Lipinski definition) is 3. The molecule has 0 spiro atoms. The summed E-state index contributed by atoms with van der Waals surface area (Å²) in [7, 11) is 1.64. The number of carbonyl (C=O) groups is 1. The van der Waals surface area contributed by atoms with Gasteiger partial charge in [0.25, 0.3) is 5.91 Å². The van der Waals surface area contributed by atoms with E-state index in [-0.39, 0.29) is 5.91 Å². The molecule has 2 heterocycles. The monoisotopic (exact) mass is 340 g/mol. The van der Waals surface area contributed by atoms with Crippen LogP contribution in [0.2, 0.25) is 0 Å². The van der Waals surface area contributed by atoms with Gasteiger partial charge in [-0.1, -0.05) is 18.2 Å². The number of methoxy groups -OCH3 is 1. The van der Waals surface area contributed by atoms with Crippen LogP contribution in [-0.4, -0.2) is 17.6 Å². The Morgan fingerprint density at radius 1 is 1.17 bits per heavy atom. The van der Waals surface area contributed by atoms with E-state index in [1.807, 2.05) is 67.2 Å². The minimum Gasteiger partial charge on any atom is -0.496 e. The second kappa shape index (κ2) is 6.93. The van der Waals surface area contributed by atoms with Gasteiger partial charge in [0, 0.05) is 29.4 Å². The van der Waals surface area contributed by atoms with Crippen LogP contribution in [-0.2, 0) is 6.54 Å². The van der Waals surface area contributed by atoms with Gasteiger partial charge in [0.1, 0.15) is 10.8 Å². The molecule has 124 valence electrons. The lowest BCUT2D eigenvalue weighted by Gasteiger charge is -2.11. The Hall–Kier alpha value is -2.53. The lowest BCUT2D eigenvalue weighted by atomic mass is 10.1. The molecule has 0 radical (unpaired) electrons. The summed E-state index contributed by atoms with van der Waals surface area (Å²) in [6.07, 6.45) is 3.92. The Bertz CT molecular complexity index is 850. The Kier molecular flexibility index (Phi) is 4.71. The molecule has 1 amide bonds. The highest BCUT2D eigenvalue weighted by molar-refractivity contribution is 7.15. The van der Waals surface area contributed by atoms with Crippen LogP contribution in [0.25, 0.3) is 5.00 Å². The maximum absolute atomic E-state index is 12.8. The number of nitrogens with one attached hydrogen (secondary N) is 1. The Morgan fingerprint density at radius 2 is 1.88 bits per heavy atom. The van der Waals surface area contributed by atoms with Crippen LogP contribution in [0, 0.1) is 13.8 Å². The third kappa shape index (κ3) is 3.08. The van der Waals surface area contributed by atoms with Crippen LogP contribution in [0.3, 0.4) is 0 Å². The van der Waals surface area contributed by atoms with Crippen molar-refractivity contribution in [3.05, 3.63) is 70.4 Å². The van der Waals surface area contributed by atoms with E-state index in [4.69, 9.17) is 4.74 Å². The van der Waals surface area contributed by atoms with E-state index < -0.39 is 0 Å². The summed E-state index contributed by atoms with van der Waals surface area (Å²) in [5.41, 5.74) is 2.73. The molecule has 24 heavy (non-hydrogen) atoms. The van der Waals surface area contributed by atoms with Crippen molar-refractivity contribution in [3.8, 4) is 10.8 Å². The zero-order valence-corrected chi connectivity index (χ0v) is 14.8. The van der Waals surface area contributed by atoms with E-state index in [1.165, 1.54) is 0 Å². The van der Waals surface area contributed by atoms with E-state index in [0.717, 1.165) is 32.3 Å². The number of amides is 1. The Balaban J connectivity index is 1.86. The maximum atomic E-state index is 12.8. The topological polar surface area (TPSA) is 43.3 Å². The molecule has 4 nitrogen and oxygen atoms in total. The van der Waals surface area contributed by atoms with Crippen LogP contribution in [0.5, 0.6) is 5.75 Å². The quantitative estimate of drug-likeness (QED) is 0.760. The first-order chi connectivity index (χ1) is 11.6. The smallest absolute Gasteiger partial charge is 0.254 e. The molecular weight excluding hydrogens is 320 g/mol. The molecular formula is C19H20N2O2S. The summed E-state index contributed by atoms with van der Waals surface area (Å²) in [6.45, 7) is 4.48. The molecule has 0 saturated carbocycles. The second-order valence-corrected chi connectivity index (χ2v) is 6.75. The highest BCUT2D eigenvalue weighted by atomic mass is 32.1. The number of para-hydroxylation sites is 1. The lowest BCUT2D eigenvalue weighted by Crippen LogP contribution is -2.24. The minimum absolute atomic E-state index is 0.0635. The molecule has 1 aromatic carbocycles. The van der Waals surface area contributed by atoms with Gasteiger partial charge in [0.15, 0.2) is 0 Å². The van der Waals surface area contributed by atoms with Gasteiger partial charge in [-0.3, -0.25) is 4.79 Å². The lowest BCUT2D eigenvalue weighted by molar-refractivity contribution is 0.0950. The molecule has 0 atom stereocenters. The van der Waals surface area contributed by atoms with Crippen LogP contribution < -0.4 is 10.1 Å². The Morgan fingerprint density at radius 3 is 2.58 bits per heavy atom. The number of nitrogens with zero attached hydrogens (tertiary/aromatic N) is 1. The first kappa shape index (κ1) is 16.3. The molecule has 5 heteroatoms. The average molecular weight is 340 g/mol. The summed E-state index contributed by atoms with van der Waals surface area (Å²) in [6, 6.07) is 11.6. The molecule has 3 rings (SSSR count). The average Bonchev–Trinajstić information content (AvgIpc) is 3.22. The van der Waals surface area contributed by atoms with Crippen molar-refractivity contribution in [2.45, 2.75) is 20.4 Å². The molecule has 2 aromatic heterocycles. The van der Waals surface area contributed by atoms with E-state index >= 15 is 0 Å². The number of aromatic nitrogens is 1. The summed E-state index contributed by atoms with van der Waals surface area (Å²) >= 11 is 1.63. The van der Waals surface area contributed by atoms with Crippen molar-refractivity contribution >= 4 is 17.2 Å². The van der Waals surface area contributed by atoms with Crippen LogP contribution in [0.4, 0.5) is 0 Å². The van der Waals surface area contributed by atoms with Crippen LogP contribution in [0.1, 0.15) is 26.4 Å². The predicted molar refractivity (Wildman–Crippen MR) is 97.3 cm³/mol. The number of aryl methyl sites for hydroxylation is 1. The fraction of sp³-hybridized carbons (Fsp3) is 0.211. The van der Waals surface area contributed by atoms with Crippen LogP contribution in [0.15, 0.2) is 48.8 Å². The first-order valence-corrected chi connectivity index (χ1v) is 8.57. The van der Waals surface area contributed by atoms with Gasteiger partial charge >= 0.3 is 0 Å². The van der Waals surface area contributed by atoms with Crippen molar-refractivity contribution in [2.75, 3.05) is 7.11 Å². The van der Waals surface area contributed by atoms with E-state index in [1.54, 1.807) is 18.4 Å². The fourth-order valence-electron chi connectivity index (χ4n) is 2.64. The van der Waals surface area contributed by atoms with Gasteiger partial charge in [0.2, 0.25) is 0 Å². The SMILES string of the molecule is COc1ccccc1CNC(=O)c1c(-n2cccc2)sc(C)c1C. The number of rotatable bonds is 5. The predicted octanol–water partition coefficient (Wildman–Crippen LogP) is 4.09. The third-order valence-corrected chi connectivity index (χ3v) is 5.29. The number of benzene rings is 1. The molecule has 0 aliphatic carbocycles. The highest BCUT2D eigenvalue weighted by Gasteiger charge is 2.20. The number of hydrogen-bond donors (Lipinski definition) is 1. The third-order valence-electron chi connectivity index (χ3n) is 4.06. The summed E-state index contributed by atoms with van der Waals surface area (Å²) < 4.78 is 7.33. The maximum Gasteiger partial charge on any atom is 0.254 e. The van der Waals surface area contributed by atoms with Gasteiger partial charge in [-0.05, 0) is 37.6 Å². The van der Waals surface area contributed by atoms with Gasteiger partial charge in [0.05, 0.1) is 12.7 Å². The normalized spacial score (nSPS) is 10.6. The van der Waals surface area contributed by atoms with Crippen molar-refractivity contribution in [1.82, 2.24) is 9.88 Å². The van der Waals surface area contributed by atoms with Gasteiger partial charge in [-0.2, -0.15) is 0 Å². The van der Waals surface area contributed by atoms with E-state index in [9.17, 15) is 4.79 Å². The molecule has 0 aliphatic rings. The molecule has 3 aromatic rings. The van der Waals surface area contributed by atoms with Crippen molar-refractivity contribution in [1.29, 1.82) is 0 Å². The van der Waals surface area contributed by atoms with Gasteiger partial charge in [-0.15, -0.1) is 11.3 Å². The molecule has 0 saturated heterocycles. The molecule has 0 fully saturated rings. The largest absolute Gasteiger partial charge is 0.496 e. The molecule has 1 N–H and O–H groups in total. The van der Waals surface area contributed by atoms with Crippen molar-refractivity contribution in [3.63, 3.8) is 0 Å². The van der Waals surface area contributed by atoms with Crippen LogP contribution >= 0.6 is 11.3 Å². The van der Waals surface area contributed by atoms with Crippen molar-refractivity contribution < 1.29 is 9.53 Å². The second-order valence-electron chi connectivity index (χ2n) is 5.55. The highest BCUT2D eigenvalue weighted by Crippen LogP contribution is 2.31. The number of thiophene rings is 1. The number of carbonyl (C=O) groups excluding carboxylic acids is 1. The fourth-order valence-corrected chi connectivity index (χ4v) is 3.76. The molecule has 0 unspecified atom stereocenters. The standard InChI is InChI=1S/C19H20N2O2S/c1-13-14(2)24-19(21-10-6-7-11-21)17(13)18(22)20-12-15-8-4-5-9-16(15)23-3/h4-11H,12H2,1-3H3,(H,20,22). The molecule has 0 aliphatic heterocycles. The van der Waals surface area contributed by atoms with E-state index in [0.29, 0.717) is 6.54 Å². The number of ether oxygens (including phenoxy) is 1. The summed E-state index contributed by atoms with van der Waals surface area (Å²) in [5.74, 6) is 0.716. The first-order valence-electron chi connectivity index (χ1n) is 7.75. The zero-order chi connectivity index (χ0) is 17.1. The van der Waals surface area contributed by atoms with Crippen molar-refractivity contribution in [2.24, 2.45) is 0 Å².